The molecule has 0 spiro atoms. The second kappa shape index (κ2) is 15.5. The molecule has 1 aromatic heterocycles. The van der Waals surface area contributed by atoms with Crippen LogP contribution in [-0.4, -0.2) is 61.9 Å². The van der Waals surface area contributed by atoms with Crippen LogP contribution in [-0.2, 0) is 20.6 Å². The van der Waals surface area contributed by atoms with Crippen molar-refractivity contribution in [2.45, 2.75) is 32.0 Å². The molecule has 0 aliphatic carbocycles. The summed E-state index contributed by atoms with van der Waals surface area (Å²) in [5.41, 5.74) is -0.129. The first-order valence-electron chi connectivity index (χ1n) is 15.6. The lowest BCUT2D eigenvalue weighted by molar-refractivity contribution is -0.137. The van der Waals surface area contributed by atoms with E-state index in [1.54, 1.807) is 53.6 Å². The normalized spacial score (nSPS) is 14.1. The lowest BCUT2D eigenvalue weighted by Gasteiger charge is -2.35. The Bertz CT molecular complexity index is 1880. The zero-order chi connectivity index (χ0) is 36.0. The van der Waals surface area contributed by atoms with Crippen LogP contribution in [0.1, 0.15) is 25.3 Å². The highest BCUT2D eigenvalue weighted by Gasteiger charge is 2.36. The van der Waals surface area contributed by atoms with Crippen molar-refractivity contribution in [3.63, 3.8) is 0 Å². The molecule has 1 unspecified atom stereocenters. The monoisotopic (exact) mass is 713 g/mol. The zero-order valence-electron chi connectivity index (χ0n) is 27.4. The van der Waals surface area contributed by atoms with E-state index in [0.29, 0.717) is 52.4 Å². The summed E-state index contributed by atoms with van der Waals surface area (Å²) in [6, 6.07) is 15.0. The number of hydrogen-bond donors (Lipinski definition) is 3. The second-order valence-electron chi connectivity index (χ2n) is 11.6. The minimum Gasteiger partial charge on any atom is -0.493 e. The maximum absolute atomic E-state index is 14.2. The number of hydrogen-bond acceptors (Lipinski definition) is 8. The second-order valence-corrected chi connectivity index (χ2v) is 11.8. The summed E-state index contributed by atoms with van der Waals surface area (Å²) in [7, 11) is 3.04. The van der Waals surface area contributed by atoms with E-state index in [1.165, 1.54) is 33.3 Å². The molecule has 3 amide bonds. The Hall–Kier alpha value is -5.24. The van der Waals surface area contributed by atoms with Gasteiger partial charge in [0.05, 0.1) is 25.3 Å². The first-order chi connectivity index (χ1) is 23.9. The summed E-state index contributed by atoms with van der Waals surface area (Å²) in [6.45, 7) is 1.92. The van der Waals surface area contributed by atoms with E-state index in [4.69, 9.17) is 25.8 Å². The van der Waals surface area contributed by atoms with Crippen molar-refractivity contribution in [3.05, 3.63) is 72.4 Å². The number of carbonyl (C=O) groups excluding carboxylic acids is 3. The molecule has 1 aliphatic rings. The summed E-state index contributed by atoms with van der Waals surface area (Å²) in [5.74, 6) is -1.40. The predicted molar refractivity (Wildman–Crippen MR) is 183 cm³/mol. The molecular weight excluding hydrogens is 679 g/mol. The van der Waals surface area contributed by atoms with Gasteiger partial charge in [-0.1, -0.05) is 6.07 Å². The van der Waals surface area contributed by atoms with Gasteiger partial charge in [-0.05, 0) is 62.2 Å². The number of amides is 3. The van der Waals surface area contributed by atoms with Crippen molar-refractivity contribution >= 4 is 57.3 Å². The van der Waals surface area contributed by atoms with Gasteiger partial charge in [0.15, 0.2) is 11.5 Å². The third kappa shape index (κ3) is 8.48. The van der Waals surface area contributed by atoms with Crippen LogP contribution in [0.15, 0.2) is 66.9 Å². The van der Waals surface area contributed by atoms with Crippen LogP contribution in [0.4, 0.5) is 30.2 Å². The topological polar surface area (TPSA) is 131 Å². The molecule has 0 radical (unpaired) electrons. The van der Waals surface area contributed by atoms with Crippen LogP contribution in [0.5, 0.6) is 23.0 Å². The number of rotatable bonds is 11. The van der Waals surface area contributed by atoms with Gasteiger partial charge in [-0.3, -0.25) is 19.4 Å². The minimum atomic E-state index is -4.71. The molecule has 4 aromatic rings. The Kier molecular flexibility index (Phi) is 11.2. The van der Waals surface area contributed by atoms with E-state index in [-0.39, 0.29) is 42.3 Å². The number of halogens is 4. The third-order valence-electron chi connectivity index (χ3n) is 8.21. The minimum absolute atomic E-state index is 0.0378. The molecule has 1 atom stereocenters. The number of fused-ring (bicyclic) bond motifs is 1. The van der Waals surface area contributed by atoms with Crippen LogP contribution >= 0.6 is 11.6 Å². The number of alkyl halides is 4. The summed E-state index contributed by atoms with van der Waals surface area (Å²) >= 11 is 5.54. The Morgan fingerprint density at radius 2 is 1.58 bits per heavy atom. The number of benzene rings is 3. The van der Waals surface area contributed by atoms with Crippen molar-refractivity contribution in [1.29, 1.82) is 0 Å². The molecule has 264 valence electrons. The van der Waals surface area contributed by atoms with Gasteiger partial charge in [-0.15, -0.1) is 11.6 Å². The fourth-order valence-corrected chi connectivity index (χ4v) is 5.65. The highest BCUT2D eigenvalue weighted by atomic mass is 35.5. The van der Waals surface area contributed by atoms with E-state index >= 15 is 0 Å². The van der Waals surface area contributed by atoms with Crippen molar-refractivity contribution in [2.24, 2.45) is 5.92 Å². The smallest absolute Gasteiger partial charge is 0.418 e. The lowest BCUT2D eigenvalue weighted by atomic mass is 10.0. The molecule has 0 saturated carbocycles. The number of nitrogens with one attached hydrogen (secondary N) is 3. The number of carbonyl (C=O) groups is 3. The fourth-order valence-electron chi connectivity index (χ4n) is 5.57. The molecule has 3 N–H and O–H groups in total. The highest BCUT2D eigenvalue weighted by molar-refractivity contribution is 6.27. The van der Waals surface area contributed by atoms with Gasteiger partial charge in [-0.2, -0.15) is 13.2 Å². The van der Waals surface area contributed by atoms with E-state index in [9.17, 15) is 27.6 Å². The van der Waals surface area contributed by atoms with Gasteiger partial charge >= 0.3 is 6.18 Å². The number of nitrogens with zero attached hydrogens (tertiary/aromatic N) is 2. The van der Waals surface area contributed by atoms with E-state index in [2.05, 4.69) is 20.9 Å². The van der Waals surface area contributed by atoms with Crippen molar-refractivity contribution in [1.82, 2.24) is 10.3 Å². The first-order valence-corrected chi connectivity index (χ1v) is 16.2. The first kappa shape index (κ1) is 36.1. The number of pyridine rings is 1. The number of anilines is 3. The predicted octanol–water partition coefficient (Wildman–Crippen LogP) is 6.60. The molecular formula is C35H35ClF3N5O6. The average Bonchev–Trinajstić information content (AvgIpc) is 3.10. The van der Waals surface area contributed by atoms with Crippen molar-refractivity contribution in [3.8, 4) is 23.0 Å². The van der Waals surface area contributed by atoms with Crippen molar-refractivity contribution in [2.75, 3.05) is 48.7 Å². The van der Waals surface area contributed by atoms with Crippen LogP contribution in [0.3, 0.4) is 0 Å². The molecule has 15 heteroatoms. The molecule has 0 bridgehead atoms. The van der Waals surface area contributed by atoms with Gasteiger partial charge in [0.1, 0.15) is 23.3 Å². The Labute approximate surface area is 291 Å². The summed E-state index contributed by atoms with van der Waals surface area (Å²) in [4.78, 5) is 43.6. The Morgan fingerprint density at radius 1 is 0.920 bits per heavy atom. The molecule has 50 heavy (non-hydrogen) atoms. The largest absolute Gasteiger partial charge is 0.493 e. The summed E-state index contributed by atoms with van der Waals surface area (Å²) in [6.07, 6.45) is -2.23. The zero-order valence-corrected chi connectivity index (χ0v) is 28.2. The third-order valence-corrected chi connectivity index (χ3v) is 8.46. The Balaban J connectivity index is 1.24. The van der Waals surface area contributed by atoms with Crippen LogP contribution < -0.4 is 35.1 Å². The van der Waals surface area contributed by atoms with Gasteiger partial charge in [0, 0.05) is 59.9 Å². The van der Waals surface area contributed by atoms with Gasteiger partial charge in [0.2, 0.25) is 17.7 Å². The van der Waals surface area contributed by atoms with E-state index in [0.717, 1.165) is 6.07 Å². The van der Waals surface area contributed by atoms with Gasteiger partial charge < -0.3 is 35.1 Å². The van der Waals surface area contributed by atoms with Gasteiger partial charge in [-0.25, -0.2) is 0 Å². The molecule has 5 rings (SSSR count). The number of methoxy groups -OCH3 is 2. The maximum atomic E-state index is 14.2. The molecule has 1 aliphatic heterocycles. The highest BCUT2D eigenvalue weighted by Crippen LogP contribution is 2.40. The molecule has 1 fully saturated rings. The maximum Gasteiger partial charge on any atom is 0.418 e. The standard InChI is InChI=1S/C35H35ClF3N5O6/c1-20(34(47)43-23-7-8-28(26(16-23)35(37,38)39)44-13-10-21(11-14-44)41-32(45)19-36)33(46)42-22-5-4-6-24(15-22)50-29-9-12-40-27-18-31(49-3)30(48-2)17-25(27)29/h4-9,12,15-18,20-21H,10-11,13-14,19H2,1-3H3,(H,41,45)(H,42,46)(H,43,47). The number of aromatic nitrogens is 1. The quantitative estimate of drug-likeness (QED) is 0.117. The van der Waals surface area contributed by atoms with Crippen LogP contribution in [0.25, 0.3) is 10.9 Å². The summed E-state index contributed by atoms with van der Waals surface area (Å²) < 4.78 is 59.3. The molecule has 2 heterocycles. The van der Waals surface area contributed by atoms with E-state index in [1.807, 2.05) is 0 Å². The fraction of sp³-hybridized carbons (Fsp3) is 0.314. The molecule has 11 nitrogen and oxygen atoms in total. The van der Waals surface area contributed by atoms with Crippen LogP contribution in [0, 0.1) is 5.92 Å². The number of ether oxygens (including phenoxy) is 3. The van der Waals surface area contributed by atoms with Crippen LogP contribution in [0.2, 0.25) is 0 Å². The average molecular weight is 714 g/mol. The molecule has 3 aromatic carbocycles. The van der Waals surface area contributed by atoms with E-state index < -0.39 is 29.5 Å². The summed E-state index contributed by atoms with van der Waals surface area (Å²) in [5, 5.41) is 8.52. The van der Waals surface area contributed by atoms with Gasteiger partial charge in [0.25, 0.3) is 0 Å². The number of piperidine rings is 1. The Morgan fingerprint density at radius 3 is 2.22 bits per heavy atom. The lowest BCUT2D eigenvalue weighted by Crippen LogP contribution is -2.45. The SMILES string of the molecule is COc1cc2nccc(Oc3cccc(NC(=O)C(C)C(=O)Nc4ccc(N5CCC(NC(=O)CCl)CC5)c(C(F)(F)F)c4)c3)c2cc1OC. The van der Waals surface area contributed by atoms with Crippen molar-refractivity contribution < 1.29 is 41.8 Å². The molecule has 1 saturated heterocycles.